The molecule has 0 fully saturated rings. The maximum absolute atomic E-state index is 11.6. The van der Waals surface area contributed by atoms with Crippen LogP contribution in [0.5, 0.6) is 0 Å². The number of nitrogens with one attached hydrogen (secondary N) is 1. The van der Waals surface area contributed by atoms with E-state index < -0.39 is 0 Å². The van der Waals surface area contributed by atoms with Crippen molar-refractivity contribution in [2.75, 3.05) is 13.2 Å². The number of esters is 1. The molecule has 0 radical (unpaired) electrons. The standard InChI is InChI=1S/C13H18N2O3/c1-3-10(2)13(17)18-9-8-15-12(16)11-4-6-14-7-5-11/h4-7,10H,3,8-9H2,1-2H3,(H,15,16)/t10-/m0/s1. The van der Waals surface area contributed by atoms with Crippen molar-refractivity contribution >= 4 is 11.9 Å². The maximum Gasteiger partial charge on any atom is 0.308 e. The summed E-state index contributed by atoms with van der Waals surface area (Å²) in [7, 11) is 0. The van der Waals surface area contributed by atoms with Crippen molar-refractivity contribution in [2.24, 2.45) is 5.92 Å². The molecule has 1 N–H and O–H groups in total. The monoisotopic (exact) mass is 250 g/mol. The highest BCUT2D eigenvalue weighted by atomic mass is 16.5. The van der Waals surface area contributed by atoms with Crippen molar-refractivity contribution in [3.8, 4) is 0 Å². The molecule has 0 aliphatic carbocycles. The van der Waals surface area contributed by atoms with E-state index in [0.29, 0.717) is 12.1 Å². The second kappa shape index (κ2) is 7.42. The molecule has 0 aliphatic rings. The number of hydrogen-bond donors (Lipinski definition) is 1. The lowest BCUT2D eigenvalue weighted by molar-refractivity contribution is -0.147. The summed E-state index contributed by atoms with van der Waals surface area (Å²) >= 11 is 0. The van der Waals surface area contributed by atoms with Crippen molar-refractivity contribution in [3.63, 3.8) is 0 Å². The molecule has 1 heterocycles. The predicted molar refractivity (Wildman–Crippen MR) is 67.0 cm³/mol. The molecule has 1 rings (SSSR count). The Morgan fingerprint density at radius 1 is 1.39 bits per heavy atom. The Bertz CT molecular complexity index is 392. The molecule has 98 valence electrons. The number of pyridine rings is 1. The summed E-state index contributed by atoms with van der Waals surface area (Å²) in [5.74, 6) is -0.520. The first kappa shape index (κ1) is 14.2. The van der Waals surface area contributed by atoms with Crippen molar-refractivity contribution in [3.05, 3.63) is 30.1 Å². The molecular formula is C13H18N2O3. The van der Waals surface area contributed by atoms with E-state index in [1.807, 2.05) is 13.8 Å². The third-order valence-corrected chi connectivity index (χ3v) is 2.59. The van der Waals surface area contributed by atoms with E-state index in [1.165, 1.54) is 0 Å². The van der Waals surface area contributed by atoms with E-state index in [2.05, 4.69) is 10.3 Å². The number of carbonyl (C=O) groups excluding carboxylic acids is 2. The molecule has 0 saturated carbocycles. The number of amides is 1. The second-order valence-corrected chi connectivity index (χ2v) is 3.97. The first-order valence-corrected chi connectivity index (χ1v) is 6.00. The summed E-state index contributed by atoms with van der Waals surface area (Å²) in [6, 6.07) is 3.25. The van der Waals surface area contributed by atoms with E-state index in [-0.39, 0.29) is 24.4 Å². The third-order valence-electron chi connectivity index (χ3n) is 2.59. The Balaban J connectivity index is 2.23. The molecule has 1 aromatic heterocycles. The van der Waals surface area contributed by atoms with Crippen LogP contribution in [0.4, 0.5) is 0 Å². The smallest absolute Gasteiger partial charge is 0.308 e. The number of rotatable bonds is 6. The number of aromatic nitrogens is 1. The van der Waals surface area contributed by atoms with Gasteiger partial charge in [-0.15, -0.1) is 0 Å². The van der Waals surface area contributed by atoms with Crippen molar-refractivity contribution in [2.45, 2.75) is 20.3 Å². The van der Waals surface area contributed by atoms with Gasteiger partial charge in [-0.1, -0.05) is 13.8 Å². The molecule has 1 atom stereocenters. The minimum atomic E-state index is -0.226. The van der Waals surface area contributed by atoms with Crippen LogP contribution in [0.1, 0.15) is 30.6 Å². The Hall–Kier alpha value is -1.91. The van der Waals surface area contributed by atoms with Crippen LogP contribution >= 0.6 is 0 Å². The summed E-state index contributed by atoms with van der Waals surface area (Å²) in [5, 5.41) is 2.67. The van der Waals surface area contributed by atoms with E-state index in [9.17, 15) is 9.59 Å². The zero-order valence-electron chi connectivity index (χ0n) is 10.7. The van der Waals surface area contributed by atoms with Crippen LogP contribution in [0, 0.1) is 5.92 Å². The molecule has 1 aromatic rings. The quantitative estimate of drug-likeness (QED) is 0.612. The average molecular weight is 250 g/mol. The van der Waals surface area contributed by atoms with Gasteiger partial charge in [0.05, 0.1) is 12.5 Å². The van der Waals surface area contributed by atoms with E-state index in [4.69, 9.17) is 4.74 Å². The fourth-order valence-corrected chi connectivity index (χ4v) is 1.23. The minimum Gasteiger partial charge on any atom is -0.464 e. The van der Waals surface area contributed by atoms with Crippen molar-refractivity contribution in [1.82, 2.24) is 10.3 Å². The van der Waals surface area contributed by atoms with Crippen LogP contribution in [-0.4, -0.2) is 30.0 Å². The zero-order chi connectivity index (χ0) is 13.4. The number of nitrogens with zero attached hydrogens (tertiary/aromatic N) is 1. The lowest BCUT2D eigenvalue weighted by Gasteiger charge is -2.09. The predicted octanol–water partition coefficient (Wildman–Crippen LogP) is 1.40. The van der Waals surface area contributed by atoms with Crippen LogP contribution in [-0.2, 0) is 9.53 Å². The molecule has 0 aromatic carbocycles. The Labute approximate surface area is 107 Å². The first-order valence-electron chi connectivity index (χ1n) is 6.00. The topological polar surface area (TPSA) is 68.3 Å². The number of ether oxygens (including phenoxy) is 1. The van der Waals surface area contributed by atoms with Crippen LogP contribution < -0.4 is 5.32 Å². The molecule has 5 heteroatoms. The van der Waals surface area contributed by atoms with Crippen LogP contribution in [0.25, 0.3) is 0 Å². The van der Waals surface area contributed by atoms with Crippen molar-refractivity contribution in [1.29, 1.82) is 0 Å². The summed E-state index contributed by atoms with van der Waals surface area (Å²) in [5.41, 5.74) is 0.540. The first-order chi connectivity index (χ1) is 8.65. The molecule has 0 aliphatic heterocycles. The Morgan fingerprint density at radius 2 is 2.06 bits per heavy atom. The van der Waals surface area contributed by atoms with Crippen molar-refractivity contribution < 1.29 is 14.3 Å². The largest absolute Gasteiger partial charge is 0.464 e. The molecule has 0 bridgehead atoms. The van der Waals surface area contributed by atoms with Gasteiger partial charge in [-0.05, 0) is 18.6 Å². The molecule has 0 unspecified atom stereocenters. The molecular weight excluding hydrogens is 232 g/mol. The van der Waals surface area contributed by atoms with E-state index in [1.54, 1.807) is 24.5 Å². The molecule has 0 saturated heterocycles. The number of carbonyl (C=O) groups is 2. The second-order valence-electron chi connectivity index (χ2n) is 3.97. The summed E-state index contributed by atoms with van der Waals surface area (Å²) in [4.78, 5) is 26.8. The van der Waals surface area contributed by atoms with Crippen LogP contribution in [0.3, 0.4) is 0 Å². The van der Waals surface area contributed by atoms with E-state index >= 15 is 0 Å². The molecule has 5 nitrogen and oxygen atoms in total. The van der Waals surface area contributed by atoms with Gasteiger partial charge in [0, 0.05) is 18.0 Å². The van der Waals surface area contributed by atoms with Crippen LogP contribution in [0.2, 0.25) is 0 Å². The average Bonchev–Trinajstić information content (AvgIpc) is 2.43. The number of hydrogen-bond acceptors (Lipinski definition) is 4. The van der Waals surface area contributed by atoms with Gasteiger partial charge in [0.25, 0.3) is 5.91 Å². The zero-order valence-corrected chi connectivity index (χ0v) is 10.7. The van der Waals surface area contributed by atoms with Gasteiger partial charge in [0.15, 0.2) is 0 Å². The fraction of sp³-hybridized carbons (Fsp3) is 0.462. The Kier molecular flexibility index (Phi) is 5.84. The summed E-state index contributed by atoms with van der Waals surface area (Å²) < 4.78 is 5.01. The Morgan fingerprint density at radius 3 is 2.67 bits per heavy atom. The highest BCUT2D eigenvalue weighted by Gasteiger charge is 2.11. The van der Waals surface area contributed by atoms with Gasteiger partial charge < -0.3 is 10.1 Å². The van der Waals surface area contributed by atoms with Gasteiger partial charge in [0.2, 0.25) is 0 Å². The summed E-state index contributed by atoms with van der Waals surface area (Å²) in [6.07, 6.45) is 3.86. The van der Waals surface area contributed by atoms with Gasteiger partial charge >= 0.3 is 5.97 Å². The highest BCUT2D eigenvalue weighted by molar-refractivity contribution is 5.93. The minimum absolute atomic E-state index is 0.0964. The van der Waals surface area contributed by atoms with Gasteiger partial charge in [-0.2, -0.15) is 0 Å². The molecule has 0 spiro atoms. The van der Waals surface area contributed by atoms with Gasteiger partial charge in [-0.25, -0.2) is 0 Å². The lowest BCUT2D eigenvalue weighted by atomic mass is 10.1. The van der Waals surface area contributed by atoms with Gasteiger partial charge in [0.1, 0.15) is 6.61 Å². The molecule has 18 heavy (non-hydrogen) atoms. The highest BCUT2D eigenvalue weighted by Crippen LogP contribution is 2.02. The third kappa shape index (κ3) is 4.53. The normalized spacial score (nSPS) is 11.7. The summed E-state index contributed by atoms with van der Waals surface area (Å²) in [6.45, 7) is 4.25. The van der Waals surface area contributed by atoms with E-state index in [0.717, 1.165) is 6.42 Å². The molecule has 1 amide bonds. The SMILES string of the molecule is CC[C@H](C)C(=O)OCCNC(=O)c1ccncc1. The maximum atomic E-state index is 11.6. The van der Waals surface area contributed by atoms with Crippen LogP contribution in [0.15, 0.2) is 24.5 Å². The lowest BCUT2D eigenvalue weighted by Crippen LogP contribution is -2.28. The fourth-order valence-electron chi connectivity index (χ4n) is 1.23. The van der Waals surface area contributed by atoms with Gasteiger partial charge in [-0.3, -0.25) is 14.6 Å².